The second kappa shape index (κ2) is 6.11. The molecular formula is C11H11ClN2O. The Morgan fingerprint density at radius 1 is 1.00 bits per heavy atom. The van der Waals surface area contributed by atoms with Crippen molar-refractivity contribution in [2.75, 3.05) is 7.11 Å². The van der Waals surface area contributed by atoms with Crippen molar-refractivity contribution in [3.8, 4) is 11.4 Å². The maximum atomic E-state index is 7.00. The second-order valence-electron chi connectivity index (χ2n) is 2.55. The van der Waals surface area contributed by atoms with Crippen molar-refractivity contribution in [3.05, 3.63) is 47.7 Å². The smallest absolute Gasteiger partial charge is 0.160 e. The highest BCUT2D eigenvalue weighted by Crippen LogP contribution is 2.23. The molecule has 0 aliphatic carbocycles. The van der Waals surface area contributed by atoms with Gasteiger partial charge in [-0.05, 0) is 18.2 Å². The molecule has 0 radical (unpaired) electrons. The Labute approximate surface area is 93.4 Å². The van der Waals surface area contributed by atoms with Gasteiger partial charge in [-0.1, -0.05) is 23.7 Å². The Morgan fingerprint density at radius 3 is 2.20 bits per heavy atom. The van der Waals surface area contributed by atoms with Crippen LogP contribution < -0.4 is 0 Å². The van der Waals surface area contributed by atoms with Crippen molar-refractivity contribution in [2.45, 2.75) is 0 Å². The van der Waals surface area contributed by atoms with Gasteiger partial charge in [0.15, 0.2) is 5.82 Å². The van der Waals surface area contributed by atoms with E-state index in [1.807, 2.05) is 24.3 Å². The second-order valence-corrected chi connectivity index (χ2v) is 2.96. The van der Waals surface area contributed by atoms with Crippen LogP contribution in [-0.2, 0) is 0 Å². The highest BCUT2D eigenvalue weighted by Gasteiger charge is 2.02. The highest BCUT2D eigenvalue weighted by molar-refractivity contribution is 6.33. The molecule has 1 heterocycles. The molecule has 0 aliphatic rings. The summed E-state index contributed by atoms with van der Waals surface area (Å²) in [5.41, 5.74) is 0.866. The van der Waals surface area contributed by atoms with Crippen LogP contribution in [0.3, 0.4) is 0 Å². The number of nitrogens with zero attached hydrogens (tertiary/aromatic N) is 2. The van der Waals surface area contributed by atoms with Gasteiger partial charge in [0.05, 0.1) is 5.02 Å². The first-order chi connectivity index (χ1) is 7.38. The fourth-order valence-electron chi connectivity index (χ4n) is 1.08. The van der Waals surface area contributed by atoms with Crippen LogP contribution in [-0.4, -0.2) is 22.2 Å². The van der Waals surface area contributed by atoms with Crippen molar-refractivity contribution in [2.24, 2.45) is 0 Å². The van der Waals surface area contributed by atoms with Crippen LogP contribution in [0.2, 0.25) is 5.02 Å². The number of aliphatic hydroxyl groups is 1. The van der Waals surface area contributed by atoms with Gasteiger partial charge in [-0.25, -0.2) is 9.97 Å². The first kappa shape index (κ1) is 11.6. The first-order valence-corrected chi connectivity index (χ1v) is 4.72. The summed E-state index contributed by atoms with van der Waals surface area (Å²) in [7, 11) is 1.00. The van der Waals surface area contributed by atoms with Crippen LogP contribution in [0.25, 0.3) is 11.4 Å². The quantitative estimate of drug-likeness (QED) is 0.806. The summed E-state index contributed by atoms with van der Waals surface area (Å²) in [4.78, 5) is 8.23. The monoisotopic (exact) mass is 222 g/mol. The Morgan fingerprint density at radius 2 is 1.60 bits per heavy atom. The predicted molar refractivity (Wildman–Crippen MR) is 60.6 cm³/mol. The highest BCUT2D eigenvalue weighted by atomic mass is 35.5. The molecule has 2 aromatic rings. The molecule has 0 amide bonds. The Kier molecular flexibility index (Phi) is 4.74. The largest absolute Gasteiger partial charge is 0.400 e. The van der Waals surface area contributed by atoms with Crippen LogP contribution in [0.15, 0.2) is 42.7 Å². The van der Waals surface area contributed by atoms with E-state index in [1.165, 1.54) is 0 Å². The molecule has 4 heteroatoms. The maximum absolute atomic E-state index is 7.00. The van der Waals surface area contributed by atoms with E-state index >= 15 is 0 Å². The number of hydrogen-bond acceptors (Lipinski definition) is 3. The minimum absolute atomic E-state index is 0.660. The van der Waals surface area contributed by atoms with Crippen LogP contribution in [0.5, 0.6) is 0 Å². The summed E-state index contributed by atoms with van der Waals surface area (Å²) in [5, 5.41) is 7.67. The SMILES string of the molecule is CO.Clc1ccccc1-c1ncccn1. The lowest BCUT2D eigenvalue weighted by atomic mass is 10.2. The Hall–Kier alpha value is -1.45. The first-order valence-electron chi connectivity index (χ1n) is 4.34. The predicted octanol–water partition coefficient (Wildman–Crippen LogP) is 2.41. The van der Waals surface area contributed by atoms with E-state index < -0.39 is 0 Å². The van der Waals surface area contributed by atoms with Crippen LogP contribution in [0.1, 0.15) is 0 Å². The normalized spacial score (nSPS) is 9.00. The molecule has 0 atom stereocenters. The molecule has 0 saturated carbocycles. The summed E-state index contributed by atoms with van der Waals surface area (Å²) < 4.78 is 0. The van der Waals surface area contributed by atoms with Crippen molar-refractivity contribution < 1.29 is 5.11 Å². The molecule has 15 heavy (non-hydrogen) atoms. The van der Waals surface area contributed by atoms with Crippen LogP contribution in [0, 0.1) is 0 Å². The standard InChI is InChI=1S/C10H7ClN2.CH4O/c11-9-5-2-1-4-8(9)10-12-6-3-7-13-10;1-2/h1-7H;2H,1H3. The fourth-order valence-corrected chi connectivity index (χ4v) is 1.30. The van der Waals surface area contributed by atoms with E-state index in [0.717, 1.165) is 12.7 Å². The van der Waals surface area contributed by atoms with E-state index in [0.29, 0.717) is 10.8 Å². The molecule has 0 saturated heterocycles. The number of rotatable bonds is 1. The number of halogens is 1. The van der Waals surface area contributed by atoms with Gasteiger partial charge in [0.1, 0.15) is 0 Å². The molecular weight excluding hydrogens is 212 g/mol. The summed E-state index contributed by atoms with van der Waals surface area (Å²) in [5.74, 6) is 0.660. The number of aliphatic hydroxyl groups excluding tert-OH is 1. The fraction of sp³-hybridized carbons (Fsp3) is 0.0909. The van der Waals surface area contributed by atoms with Gasteiger partial charge in [-0.15, -0.1) is 0 Å². The minimum atomic E-state index is 0.660. The van der Waals surface area contributed by atoms with Crippen molar-refractivity contribution in [1.82, 2.24) is 9.97 Å². The molecule has 1 aromatic carbocycles. The topological polar surface area (TPSA) is 46.0 Å². The molecule has 0 unspecified atom stereocenters. The molecule has 1 aromatic heterocycles. The summed E-state index contributed by atoms with van der Waals surface area (Å²) in [6.07, 6.45) is 3.40. The average molecular weight is 223 g/mol. The van der Waals surface area contributed by atoms with E-state index in [-0.39, 0.29) is 0 Å². The van der Waals surface area contributed by atoms with Crippen molar-refractivity contribution >= 4 is 11.6 Å². The van der Waals surface area contributed by atoms with Gasteiger partial charge >= 0.3 is 0 Å². The zero-order valence-electron chi connectivity index (χ0n) is 8.26. The third-order valence-corrected chi connectivity index (χ3v) is 2.01. The van der Waals surface area contributed by atoms with Gasteiger partial charge in [0.2, 0.25) is 0 Å². The molecule has 1 N–H and O–H groups in total. The summed E-state index contributed by atoms with van der Waals surface area (Å²) >= 11 is 5.98. The molecule has 3 nitrogen and oxygen atoms in total. The third-order valence-electron chi connectivity index (χ3n) is 1.68. The lowest BCUT2D eigenvalue weighted by molar-refractivity contribution is 0.399. The number of benzene rings is 1. The van der Waals surface area contributed by atoms with E-state index in [4.69, 9.17) is 16.7 Å². The zero-order chi connectivity index (χ0) is 11.1. The van der Waals surface area contributed by atoms with Gasteiger partial charge in [0.25, 0.3) is 0 Å². The zero-order valence-corrected chi connectivity index (χ0v) is 9.02. The van der Waals surface area contributed by atoms with Crippen molar-refractivity contribution in [1.29, 1.82) is 0 Å². The lowest BCUT2D eigenvalue weighted by Gasteiger charge is -2.00. The van der Waals surface area contributed by atoms with Gasteiger partial charge in [0, 0.05) is 25.1 Å². The van der Waals surface area contributed by atoms with E-state index in [2.05, 4.69) is 9.97 Å². The molecule has 0 bridgehead atoms. The van der Waals surface area contributed by atoms with E-state index in [9.17, 15) is 0 Å². The summed E-state index contributed by atoms with van der Waals surface area (Å²) in [6, 6.07) is 9.30. The summed E-state index contributed by atoms with van der Waals surface area (Å²) in [6.45, 7) is 0. The van der Waals surface area contributed by atoms with Gasteiger partial charge in [-0.2, -0.15) is 0 Å². The molecule has 0 spiro atoms. The van der Waals surface area contributed by atoms with Crippen molar-refractivity contribution in [3.63, 3.8) is 0 Å². The third kappa shape index (κ3) is 3.01. The molecule has 2 rings (SSSR count). The van der Waals surface area contributed by atoms with Crippen LogP contribution >= 0.6 is 11.6 Å². The van der Waals surface area contributed by atoms with E-state index in [1.54, 1.807) is 18.5 Å². The van der Waals surface area contributed by atoms with Crippen LogP contribution in [0.4, 0.5) is 0 Å². The van der Waals surface area contributed by atoms with Gasteiger partial charge < -0.3 is 5.11 Å². The molecule has 0 fully saturated rings. The molecule has 0 aliphatic heterocycles. The average Bonchev–Trinajstić information content (AvgIpc) is 2.33. The Bertz CT molecular complexity index is 406. The minimum Gasteiger partial charge on any atom is -0.400 e. The molecule has 78 valence electrons. The lowest BCUT2D eigenvalue weighted by Crippen LogP contribution is -1.86. The maximum Gasteiger partial charge on any atom is 0.160 e. The number of hydrogen-bond donors (Lipinski definition) is 1. The van der Waals surface area contributed by atoms with Gasteiger partial charge in [-0.3, -0.25) is 0 Å². The Balaban J connectivity index is 0.000000531. The number of aromatic nitrogens is 2.